The molecule has 1 aliphatic heterocycles. The van der Waals surface area contributed by atoms with Crippen molar-refractivity contribution in [3.63, 3.8) is 0 Å². The Labute approximate surface area is 99.5 Å². The molecule has 16 heavy (non-hydrogen) atoms. The molecule has 0 spiro atoms. The lowest BCUT2D eigenvalue weighted by Gasteiger charge is -2.37. The maximum Gasteiger partial charge on any atom is 0.0604 e. The van der Waals surface area contributed by atoms with E-state index < -0.39 is 0 Å². The molecule has 1 saturated carbocycles. The molecule has 1 atom stereocenters. The van der Waals surface area contributed by atoms with Crippen LogP contribution >= 0.6 is 0 Å². The molecular formula is C13H26N2O. The molecule has 2 rings (SSSR count). The molecule has 2 fully saturated rings. The minimum Gasteiger partial charge on any atom is -0.378 e. The lowest BCUT2D eigenvalue weighted by molar-refractivity contribution is -0.0111. The van der Waals surface area contributed by atoms with Crippen LogP contribution in [0.1, 0.15) is 32.6 Å². The Kier molecular flexibility index (Phi) is 4.62. The van der Waals surface area contributed by atoms with Crippen LogP contribution in [0.3, 0.4) is 0 Å². The van der Waals surface area contributed by atoms with Crippen LogP contribution in [0.5, 0.6) is 0 Å². The molecule has 1 aliphatic carbocycles. The van der Waals surface area contributed by atoms with Crippen molar-refractivity contribution in [2.24, 2.45) is 5.92 Å². The van der Waals surface area contributed by atoms with Gasteiger partial charge in [0.05, 0.1) is 6.10 Å². The van der Waals surface area contributed by atoms with Gasteiger partial charge in [-0.3, -0.25) is 0 Å². The van der Waals surface area contributed by atoms with Crippen LogP contribution in [0.4, 0.5) is 0 Å². The molecule has 0 aromatic rings. The van der Waals surface area contributed by atoms with Crippen LogP contribution < -0.4 is 5.32 Å². The van der Waals surface area contributed by atoms with E-state index in [-0.39, 0.29) is 0 Å². The summed E-state index contributed by atoms with van der Waals surface area (Å²) in [6, 6.07) is 0.726. The number of hydrogen-bond donors (Lipinski definition) is 1. The van der Waals surface area contributed by atoms with E-state index in [0.29, 0.717) is 6.10 Å². The van der Waals surface area contributed by atoms with E-state index in [1.807, 2.05) is 0 Å². The zero-order valence-electron chi connectivity index (χ0n) is 10.7. The average Bonchev–Trinajstić information content (AvgIpc) is 2.21. The van der Waals surface area contributed by atoms with Gasteiger partial charge in [0.15, 0.2) is 0 Å². The summed E-state index contributed by atoms with van der Waals surface area (Å²) >= 11 is 0. The first-order valence-corrected chi connectivity index (χ1v) is 6.81. The van der Waals surface area contributed by atoms with Gasteiger partial charge in [0.25, 0.3) is 0 Å². The fourth-order valence-electron chi connectivity index (χ4n) is 2.88. The van der Waals surface area contributed by atoms with E-state index in [0.717, 1.165) is 18.6 Å². The second kappa shape index (κ2) is 5.99. The van der Waals surface area contributed by atoms with Crippen LogP contribution in [0.25, 0.3) is 0 Å². The molecule has 94 valence electrons. The number of hydrogen-bond acceptors (Lipinski definition) is 3. The molecule has 0 aromatic carbocycles. The Morgan fingerprint density at radius 1 is 1.38 bits per heavy atom. The zero-order valence-corrected chi connectivity index (χ0v) is 10.7. The molecule has 0 bridgehead atoms. The zero-order chi connectivity index (χ0) is 11.4. The molecule has 1 heterocycles. The number of nitrogens with zero attached hydrogens (tertiary/aromatic N) is 1. The summed E-state index contributed by atoms with van der Waals surface area (Å²) in [5, 5.41) is 3.69. The minimum atomic E-state index is 0.538. The maximum atomic E-state index is 5.57. The number of nitrogens with one attached hydrogen (secondary N) is 1. The van der Waals surface area contributed by atoms with Crippen molar-refractivity contribution in [1.82, 2.24) is 10.2 Å². The first kappa shape index (κ1) is 12.3. The first-order valence-electron chi connectivity index (χ1n) is 6.81. The van der Waals surface area contributed by atoms with E-state index in [1.54, 1.807) is 0 Å². The molecule has 0 radical (unpaired) electrons. The van der Waals surface area contributed by atoms with Gasteiger partial charge in [-0.1, -0.05) is 0 Å². The highest BCUT2D eigenvalue weighted by molar-refractivity contribution is 4.87. The van der Waals surface area contributed by atoms with Crippen LogP contribution in [-0.2, 0) is 4.74 Å². The lowest BCUT2D eigenvalue weighted by Crippen LogP contribution is -2.48. The lowest BCUT2D eigenvalue weighted by atomic mass is 9.88. The fraction of sp³-hybridized carbons (Fsp3) is 1.00. The monoisotopic (exact) mass is 226 g/mol. The third kappa shape index (κ3) is 3.44. The molecule has 1 unspecified atom stereocenters. The summed E-state index contributed by atoms with van der Waals surface area (Å²) < 4.78 is 5.57. The van der Waals surface area contributed by atoms with Gasteiger partial charge in [-0.15, -0.1) is 0 Å². The molecule has 0 aromatic heterocycles. The molecule has 1 N–H and O–H groups in total. The van der Waals surface area contributed by atoms with Crippen LogP contribution in [0.2, 0.25) is 0 Å². The van der Waals surface area contributed by atoms with E-state index in [1.165, 1.54) is 45.3 Å². The number of likely N-dealkylation sites (tertiary alicyclic amines) is 1. The summed E-state index contributed by atoms with van der Waals surface area (Å²) in [4.78, 5) is 2.46. The van der Waals surface area contributed by atoms with Crippen molar-refractivity contribution in [1.29, 1.82) is 0 Å². The predicted molar refractivity (Wildman–Crippen MR) is 66.7 cm³/mol. The SMILES string of the molecule is CCOC1CC(NCC2CCCN(C)C2)C1. The van der Waals surface area contributed by atoms with Crippen molar-refractivity contribution >= 4 is 0 Å². The molecule has 2 aliphatic rings. The van der Waals surface area contributed by atoms with Crippen molar-refractivity contribution < 1.29 is 4.74 Å². The van der Waals surface area contributed by atoms with Gasteiger partial charge in [0.1, 0.15) is 0 Å². The summed E-state index contributed by atoms with van der Waals surface area (Å²) in [7, 11) is 2.24. The van der Waals surface area contributed by atoms with E-state index in [2.05, 4.69) is 24.2 Å². The van der Waals surface area contributed by atoms with Crippen molar-refractivity contribution in [2.75, 3.05) is 33.3 Å². The van der Waals surface area contributed by atoms with Gasteiger partial charge in [-0.2, -0.15) is 0 Å². The summed E-state index contributed by atoms with van der Waals surface area (Å²) in [6.07, 6.45) is 5.75. The van der Waals surface area contributed by atoms with Crippen LogP contribution in [-0.4, -0.2) is 50.3 Å². The molecular weight excluding hydrogens is 200 g/mol. The third-order valence-corrected chi connectivity index (χ3v) is 3.91. The quantitative estimate of drug-likeness (QED) is 0.768. The van der Waals surface area contributed by atoms with Gasteiger partial charge in [0, 0.05) is 19.2 Å². The fourth-order valence-corrected chi connectivity index (χ4v) is 2.88. The van der Waals surface area contributed by atoms with Gasteiger partial charge in [-0.25, -0.2) is 0 Å². The predicted octanol–water partition coefficient (Wildman–Crippen LogP) is 1.49. The highest BCUT2D eigenvalue weighted by atomic mass is 16.5. The second-order valence-corrected chi connectivity index (χ2v) is 5.42. The highest BCUT2D eigenvalue weighted by Gasteiger charge is 2.29. The molecule has 0 amide bonds. The molecule has 3 heteroatoms. The Balaban J connectivity index is 1.55. The average molecular weight is 226 g/mol. The standard InChI is InChI=1S/C13H26N2O/c1-3-16-13-7-12(8-13)14-9-11-5-4-6-15(2)10-11/h11-14H,3-10H2,1-2H3. The Morgan fingerprint density at radius 3 is 2.88 bits per heavy atom. The van der Waals surface area contributed by atoms with Crippen molar-refractivity contribution in [2.45, 2.75) is 44.8 Å². The third-order valence-electron chi connectivity index (χ3n) is 3.91. The van der Waals surface area contributed by atoms with Crippen LogP contribution in [0.15, 0.2) is 0 Å². The number of piperidine rings is 1. The van der Waals surface area contributed by atoms with E-state index >= 15 is 0 Å². The van der Waals surface area contributed by atoms with E-state index in [9.17, 15) is 0 Å². The topological polar surface area (TPSA) is 24.5 Å². The number of rotatable bonds is 5. The normalized spacial score (nSPS) is 36.0. The summed E-state index contributed by atoms with van der Waals surface area (Å²) in [5.41, 5.74) is 0. The van der Waals surface area contributed by atoms with Gasteiger partial charge < -0.3 is 15.0 Å². The van der Waals surface area contributed by atoms with E-state index in [4.69, 9.17) is 4.74 Å². The van der Waals surface area contributed by atoms with Gasteiger partial charge in [0.2, 0.25) is 0 Å². The molecule has 3 nitrogen and oxygen atoms in total. The minimum absolute atomic E-state index is 0.538. The first-order chi connectivity index (χ1) is 7.78. The second-order valence-electron chi connectivity index (χ2n) is 5.42. The van der Waals surface area contributed by atoms with Crippen molar-refractivity contribution in [3.05, 3.63) is 0 Å². The Morgan fingerprint density at radius 2 is 2.19 bits per heavy atom. The van der Waals surface area contributed by atoms with Crippen LogP contribution in [0, 0.1) is 5.92 Å². The smallest absolute Gasteiger partial charge is 0.0604 e. The Hall–Kier alpha value is -0.120. The summed E-state index contributed by atoms with van der Waals surface area (Å²) in [6.45, 7) is 6.71. The molecule has 1 saturated heterocycles. The van der Waals surface area contributed by atoms with Crippen molar-refractivity contribution in [3.8, 4) is 0 Å². The highest BCUT2D eigenvalue weighted by Crippen LogP contribution is 2.24. The Bertz CT molecular complexity index is 204. The summed E-state index contributed by atoms with van der Waals surface area (Å²) in [5.74, 6) is 0.866. The number of ether oxygens (including phenoxy) is 1. The van der Waals surface area contributed by atoms with Gasteiger partial charge in [-0.05, 0) is 58.7 Å². The van der Waals surface area contributed by atoms with Gasteiger partial charge >= 0.3 is 0 Å². The largest absolute Gasteiger partial charge is 0.378 e. The maximum absolute atomic E-state index is 5.57.